The molecule has 4 aromatic rings. The van der Waals surface area contributed by atoms with Crippen molar-refractivity contribution in [3.63, 3.8) is 0 Å². The van der Waals surface area contributed by atoms with Crippen molar-refractivity contribution in [3.8, 4) is 10.6 Å². The molecule has 6 heterocycles. The lowest BCUT2D eigenvalue weighted by molar-refractivity contribution is 0.0639. The van der Waals surface area contributed by atoms with Crippen LogP contribution in [0.4, 0.5) is 21.3 Å². The van der Waals surface area contributed by atoms with Crippen LogP contribution in [0.2, 0.25) is 0 Å². The number of anilines is 3. The third-order valence-electron chi connectivity index (χ3n) is 6.99. The zero-order valence-corrected chi connectivity index (χ0v) is 22.6. The van der Waals surface area contributed by atoms with E-state index < -0.39 is 11.4 Å². The SMILES string of the molecule is Cc1nc(C)c(-c2csc(Nc3ccc(C(=O)N4C5CC[C@H]4CN(c4ncc(F)c(=O)n4C)C5)cn3)n2)s1. The predicted octanol–water partition coefficient (Wildman–Crippen LogP) is 3.75. The minimum atomic E-state index is -0.876. The standard InChI is InChI=1S/C25H25FN8O2S2/c1-13-21(38-14(2)29-13)19-12-37-24(30-19)31-20-7-4-15(8-27-20)22(35)34-16-5-6-17(34)11-33(10-16)25-28-9-18(26)23(36)32(25)3/h4,7-9,12,16-17H,5-6,10-11H2,1-3H3,(H,27,30,31)/t16-,17?/m0/s1. The Kier molecular flexibility index (Phi) is 6.19. The zero-order valence-electron chi connectivity index (χ0n) is 21.0. The molecule has 13 heteroatoms. The quantitative estimate of drug-likeness (QED) is 0.399. The van der Waals surface area contributed by atoms with Gasteiger partial charge in [-0.25, -0.2) is 19.9 Å². The lowest BCUT2D eigenvalue weighted by atomic mass is 10.1. The van der Waals surface area contributed by atoms with Gasteiger partial charge >= 0.3 is 0 Å². The summed E-state index contributed by atoms with van der Waals surface area (Å²) < 4.78 is 14.8. The van der Waals surface area contributed by atoms with Gasteiger partial charge in [-0.05, 0) is 38.8 Å². The molecule has 2 atom stereocenters. The summed E-state index contributed by atoms with van der Waals surface area (Å²) in [6.07, 6.45) is 4.28. The highest BCUT2D eigenvalue weighted by molar-refractivity contribution is 7.16. The van der Waals surface area contributed by atoms with E-state index in [9.17, 15) is 14.0 Å². The summed E-state index contributed by atoms with van der Waals surface area (Å²) in [5.41, 5.74) is 1.67. The van der Waals surface area contributed by atoms with Crippen LogP contribution in [0.3, 0.4) is 0 Å². The van der Waals surface area contributed by atoms with Gasteiger partial charge in [-0.3, -0.25) is 14.2 Å². The van der Waals surface area contributed by atoms with Crippen molar-refractivity contribution >= 4 is 45.5 Å². The summed E-state index contributed by atoms with van der Waals surface area (Å²) in [6, 6.07) is 3.52. The average Bonchev–Trinajstić information content (AvgIpc) is 3.57. The number of fused-ring (bicyclic) bond motifs is 2. The highest BCUT2D eigenvalue weighted by Gasteiger charge is 2.43. The smallest absolute Gasteiger partial charge is 0.290 e. The molecule has 1 amide bonds. The maximum Gasteiger partial charge on any atom is 0.290 e. The van der Waals surface area contributed by atoms with Crippen molar-refractivity contribution in [1.82, 2.24) is 29.4 Å². The van der Waals surface area contributed by atoms with Gasteiger partial charge in [-0.15, -0.1) is 22.7 Å². The van der Waals surface area contributed by atoms with E-state index in [2.05, 4.69) is 25.3 Å². The van der Waals surface area contributed by atoms with Crippen LogP contribution >= 0.6 is 22.7 Å². The Morgan fingerprint density at radius 3 is 2.53 bits per heavy atom. The van der Waals surface area contributed by atoms with Crippen LogP contribution in [0.5, 0.6) is 0 Å². The summed E-state index contributed by atoms with van der Waals surface area (Å²) in [6.45, 7) is 5.03. The summed E-state index contributed by atoms with van der Waals surface area (Å²) >= 11 is 3.11. The van der Waals surface area contributed by atoms with E-state index >= 15 is 0 Å². The van der Waals surface area contributed by atoms with Crippen LogP contribution < -0.4 is 15.8 Å². The number of hydrogen-bond acceptors (Lipinski definition) is 10. The fourth-order valence-electron chi connectivity index (χ4n) is 5.26. The highest BCUT2D eigenvalue weighted by Crippen LogP contribution is 2.34. The van der Waals surface area contributed by atoms with E-state index in [0.717, 1.165) is 45.4 Å². The average molecular weight is 553 g/mol. The molecule has 1 unspecified atom stereocenters. The van der Waals surface area contributed by atoms with Gasteiger partial charge < -0.3 is 15.1 Å². The first-order valence-electron chi connectivity index (χ1n) is 12.2. The molecule has 2 bridgehead atoms. The fraction of sp³-hybridized carbons (Fsp3) is 0.360. The Labute approximate surface area is 225 Å². The summed E-state index contributed by atoms with van der Waals surface area (Å²) in [5.74, 6) is 0.0858. The minimum absolute atomic E-state index is 0.0198. The zero-order chi connectivity index (χ0) is 26.6. The van der Waals surface area contributed by atoms with E-state index in [1.807, 2.05) is 29.0 Å². The van der Waals surface area contributed by atoms with E-state index in [0.29, 0.717) is 30.4 Å². The first kappa shape index (κ1) is 24.6. The number of hydrogen-bond donors (Lipinski definition) is 1. The van der Waals surface area contributed by atoms with E-state index in [1.165, 1.54) is 23.0 Å². The number of nitrogens with one attached hydrogen (secondary N) is 1. The van der Waals surface area contributed by atoms with Gasteiger partial charge in [0.05, 0.1) is 45.1 Å². The van der Waals surface area contributed by atoms with Gasteiger partial charge in [0.15, 0.2) is 5.13 Å². The van der Waals surface area contributed by atoms with Crippen molar-refractivity contribution in [2.75, 3.05) is 23.3 Å². The molecule has 0 saturated carbocycles. The van der Waals surface area contributed by atoms with Gasteiger partial charge in [-0.1, -0.05) is 0 Å². The maximum absolute atomic E-state index is 13.6. The van der Waals surface area contributed by atoms with Gasteiger partial charge in [0, 0.05) is 31.7 Å². The Balaban J connectivity index is 1.14. The molecule has 1 N–H and O–H groups in total. The van der Waals surface area contributed by atoms with Crippen LogP contribution in [-0.2, 0) is 7.05 Å². The number of carbonyl (C=O) groups excluding carboxylic acids is 1. The van der Waals surface area contributed by atoms with Crippen LogP contribution in [0.1, 0.15) is 33.9 Å². The molecule has 10 nitrogen and oxygen atoms in total. The molecule has 2 aliphatic rings. The van der Waals surface area contributed by atoms with Crippen molar-refractivity contribution in [3.05, 3.63) is 62.3 Å². The number of aryl methyl sites for hydroxylation is 2. The normalized spacial score (nSPS) is 18.7. The number of piperazine rings is 1. The lowest BCUT2D eigenvalue weighted by Crippen LogP contribution is -2.56. The lowest BCUT2D eigenvalue weighted by Gasteiger charge is -2.41. The number of pyridine rings is 1. The molecule has 2 fully saturated rings. The van der Waals surface area contributed by atoms with Gasteiger partial charge in [0.1, 0.15) is 5.82 Å². The predicted molar refractivity (Wildman–Crippen MR) is 145 cm³/mol. The number of thiazole rings is 2. The van der Waals surface area contributed by atoms with Gasteiger partial charge in [0.2, 0.25) is 11.8 Å². The van der Waals surface area contributed by atoms with Gasteiger partial charge in [0.25, 0.3) is 11.5 Å². The third kappa shape index (κ3) is 4.35. The molecular formula is C25H25FN8O2S2. The van der Waals surface area contributed by atoms with Crippen molar-refractivity contribution < 1.29 is 9.18 Å². The molecule has 0 spiro atoms. The van der Waals surface area contributed by atoms with Crippen LogP contribution in [0.15, 0.2) is 34.7 Å². The first-order chi connectivity index (χ1) is 18.3. The molecule has 0 radical (unpaired) electrons. The Morgan fingerprint density at radius 2 is 1.87 bits per heavy atom. The van der Waals surface area contributed by atoms with Crippen LogP contribution in [0.25, 0.3) is 10.6 Å². The van der Waals surface area contributed by atoms with E-state index in [4.69, 9.17) is 0 Å². The molecule has 4 aromatic heterocycles. The molecule has 0 aliphatic carbocycles. The second-order valence-electron chi connectivity index (χ2n) is 9.52. The van der Waals surface area contributed by atoms with Crippen molar-refractivity contribution in [2.45, 2.75) is 38.8 Å². The summed E-state index contributed by atoms with van der Waals surface area (Å²) in [5, 5.41) is 6.94. The summed E-state index contributed by atoms with van der Waals surface area (Å²) in [4.78, 5) is 48.2. The first-order valence-corrected chi connectivity index (χ1v) is 13.9. The monoisotopic (exact) mass is 552 g/mol. The summed E-state index contributed by atoms with van der Waals surface area (Å²) in [7, 11) is 1.52. The Morgan fingerprint density at radius 1 is 1.11 bits per heavy atom. The molecule has 38 heavy (non-hydrogen) atoms. The maximum atomic E-state index is 13.6. The van der Waals surface area contributed by atoms with Gasteiger partial charge in [-0.2, -0.15) is 4.39 Å². The fourth-order valence-corrected chi connectivity index (χ4v) is 6.92. The highest BCUT2D eigenvalue weighted by atomic mass is 32.1. The van der Waals surface area contributed by atoms with E-state index in [-0.39, 0.29) is 18.0 Å². The Bertz CT molecular complexity index is 1570. The molecule has 2 saturated heterocycles. The van der Waals surface area contributed by atoms with E-state index in [1.54, 1.807) is 29.7 Å². The number of rotatable bonds is 5. The number of halogens is 1. The number of amides is 1. The number of nitrogens with zero attached hydrogens (tertiary/aromatic N) is 7. The minimum Gasteiger partial charge on any atom is -0.338 e. The second-order valence-corrected chi connectivity index (χ2v) is 11.6. The van der Waals surface area contributed by atoms with Crippen LogP contribution in [0, 0.1) is 19.7 Å². The number of aromatic nitrogens is 5. The second kappa shape index (κ2) is 9.55. The van der Waals surface area contributed by atoms with Crippen molar-refractivity contribution in [2.24, 2.45) is 7.05 Å². The Hall–Kier alpha value is -3.71. The molecule has 2 aliphatic heterocycles. The largest absolute Gasteiger partial charge is 0.338 e. The molecule has 196 valence electrons. The van der Waals surface area contributed by atoms with Crippen LogP contribution in [-0.4, -0.2) is 60.5 Å². The molecule has 0 aromatic carbocycles. The molecule has 6 rings (SSSR count). The topological polar surface area (TPSA) is 109 Å². The molecular weight excluding hydrogens is 527 g/mol. The number of carbonyl (C=O) groups is 1. The third-order valence-corrected chi connectivity index (χ3v) is 8.84. The van der Waals surface area contributed by atoms with Crippen molar-refractivity contribution in [1.29, 1.82) is 0 Å².